The molecule has 1 aliphatic rings. The molecule has 0 radical (unpaired) electrons. The van der Waals surface area contributed by atoms with Crippen molar-refractivity contribution in [3.05, 3.63) is 85.6 Å². The van der Waals surface area contributed by atoms with Gasteiger partial charge < -0.3 is 4.57 Å². The van der Waals surface area contributed by atoms with Gasteiger partial charge in [-0.05, 0) is 86.2 Å². The van der Waals surface area contributed by atoms with Gasteiger partial charge in [-0.3, -0.25) is 19.8 Å². The number of hydrogen-bond acceptors (Lipinski definition) is 3. The van der Waals surface area contributed by atoms with Crippen LogP contribution in [0.1, 0.15) is 17.0 Å². The summed E-state index contributed by atoms with van der Waals surface area (Å²) in [4.78, 5) is 27.2. The lowest BCUT2D eigenvalue weighted by molar-refractivity contribution is -0.122. The van der Waals surface area contributed by atoms with Gasteiger partial charge in [-0.1, -0.05) is 39.1 Å². The summed E-state index contributed by atoms with van der Waals surface area (Å²) in [6.07, 6.45) is 1.58. The molecule has 0 aliphatic carbocycles. The molecular weight excluding hydrogens is 533 g/mol. The van der Waals surface area contributed by atoms with Gasteiger partial charge in [0.05, 0.1) is 15.7 Å². The van der Waals surface area contributed by atoms with Crippen molar-refractivity contribution >= 4 is 80.0 Å². The van der Waals surface area contributed by atoms with Crippen molar-refractivity contribution < 1.29 is 9.59 Å². The number of carbonyl (C=O) groups excluding carboxylic acids is 2. The molecule has 5 nitrogen and oxygen atoms in total. The van der Waals surface area contributed by atoms with E-state index in [9.17, 15) is 9.59 Å². The highest BCUT2D eigenvalue weighted by Gasteiger charge is 2.34. The third-order valence-electron chi connectivity index (χ3n) is 5.12. The highest BCUT2D eigenvalue weighted by atomic mass is 79.9. The first-order chi connectivity index (χ1) is 15.2. The number of benzene rings is 2. The van der Waals surface area contributed by atoms with Crippen LogP contribution < -0.4 is 10.2 Å². The number of anilines is 1. The van der Waals surface area contributed by atoms with E-state index < -0.39 is 11.8 Å². The Morgan fingerprint density at radius 2 is 1.62 bits per heavy atom. The minimum atomic E-state index is -0.535. The Morgan fingerprint density at radius 3 is 2.28 bits per heavy atom. The van der Waals surface area contributed by atoms with E-state index in [-0.39, 0.29) is 10.7 Å². The summed E-state index contributed by atoms with van der Waals surface area (Å²) in [6, 6.07) is 14.4. The molecule has 1 aliphatic heterocycles. The average molecular weight is 549 g/mol. The molecule has 1 saturated heterocycles. The van der Waals surface area contributed by atoms with Crippen LogP contribution >= 0.6 is 51.3 Å². The number of thiocarbonyl (C=S) groups is 1. The Morgan fingerprint density at radius 1 is 0.969 bits per heavy atom. The smallest absolute Gasteiger partial charge is 0.270 e. The molecule has 3 aromatic rings. The highest BCUT2D eigenvalue weighted by molar-refractivity contribution is 9.10. The van der Waals surface area contributed by atoms with Gasteiger partial charge in [-0.2, -0.15) is 0 Å². The van der Waals surface area contributed by atoms with E-state index in [0.717, 1.165) is 27.1 Å². The summed E-state index contributed by atoms with van der Waals surface area (Å²) in [5.74, 6) is -1.02. The summed E-state index contributed by atoms with van der Waals surface area (Å²) in [7, 11) is 0. The van der Waals surface area contributed by atoms with Crippen LogP contribution in [0.4, 0.5) is 5.69 Å². The van der Waals surface area contributed by atoms with Gasteiger partial charge in [0.1, 0.15) is 5.57 Å². The Hall–Kier alpha value is -2.45. The molecule has 2 aromatic carbocycles. The zero-order chi connectivity index (χ0) is 23.2. The van der Waals surface area contributed by atoms with E-state index in [2.05, 4.69) is 21.2 Å². The zero-order valence-corrected chi connectivity index (χ0v) is 20.9. The van der Waals surface area contributed by atoms with Gasteiger partial charge in [0.25, 0.3) is 11.8 Å². The van der Waals surface area contributed by atoms with Gasteiger partial charge >= 0.3 is 0 Å². The lowest BCUT2D eigenvalue weighted by Gasteiger charge is -2.29. The molecule has 0 spiro atoms. The maximum Gasteiger partial charge on any atom is 0.270 e. The van der Waals surface area contributed by atoms with Crippen molar-refractivity contribution in [2.45, 2.75) is 13.8 Å². The van der Waals surface area contributed by atoms with Gasteiger partial charge in [-0.25, -0.2) is 0 Å². The minimum absolute atomic E-state index is 0.00379. The number of carbonyl (C=O) groups is 2. The van der Waals surface area contributed by atoms with Crippen molar-refractivity contribution in [1.29, 1.82) is 0 Å². The summed E-state index contributed by atoms with van der Waals surface area (Å²) >= 11 is 20.9. The quantitative estimate of drug-likeness (QED) is 0.248. The topological polar surface area (TPSA) is 54.3 Å². The molecule has 162 valence electrons. The lowest BCUT2D eigenvalue weighted by Crippen LogP contribution is -2.54. The third kappa shape index (κ3) is 4.13. The van der Waals surface area contributed by atoms with Crippen LogP contribution in [-0.2, 0) is 9.59 Å². The maximum atomic E-state index is 13.2. The zero-order valence-electron chi connectivity index (χ0n) is 16.9. The molecule has 32 heavy (non-hydrogen) atoms. The van der Waals surface area contributed by atoms with E-state index in [1.54, 1.807) is 42.5 Å². The van der Waals surface area contributed by atoms with Crippen LogP contribution in [0.3, 0.4) is 0 Å². The van der Waals surface area contributed by atoms with Crippen molar-refractivity contribution in [3.63, 3.8) is 0 Å². The van der Waals surface area contributed by atoms with Crippen LogP contribution in [0.5, 0.6) is 0 Å². The first-order valence-corrected chi connectivity index (χ1v) is 11.4. The summed E-state index contributed by atoms with van der Waals surface area (Å²) in [5, 5.41) is 3.56. The van der Waals surface area contributed by atoms with Crippen molar-refractivity contribution in [1.82, 2.24) is 9.88 Å². The lowest BCUT2D eigenvalue weighted by atomic mass is 10.1. The minimum Gasteiger partial charge on any atom is -0.318 e. The number of aryl methyl sites for hydroxylation is 1. The molecule has 9 heteroatoms. The van der Waals surface area contributed by atoms with Crippen LogP contribution in [-0.4, -0.2) is 21.5 Å². The monoisotopic (exact) mass is 547 g/mol. The molecule has 0 saturated carbocycles. The molecule has 4 rings (SSSR count). The molecular formula is C23H16BrCl2N3O2S. The fourth-order valence-corrected chi connectivity index (χ4v) is 4.43. The summed E-state index contributed by atoms with van der Waals surface area (Å²) in [6.45, 7) is 3.84. The second-order valence-corrected chi connectivity index (χ2v) is 9.31. The standard InChI is InChI=1S/C23H16BrCl2N3O2S/c1-12-9-14(13(2)28(12)17-7-8-19(25)20(26)11-17)10-18-21(30)27-23(32)29(22(18)31)16-5-3-15(24)4-6-16/h3-11H,1-2H3,(H,27,30,32)/b18-10-. The molecule has 1 aromatic heterocycles. The van der Waals surface area contributed by atoms with Crippen LogP contribution in [0.15, 0.2) is 58.6 Å². The van der Waals surface area contributed by atoms with Crippen molar-refractivity contribution in [2.75, 3.05) is 4.90 Å². The van der Waals surface area contributed by atoms with Gasteiger partial charge in [-0.15, -0.1) is 0 Å². The van der Waals surface area contributed by atoms with E-state index in [4.69, 9.17) is 35.4 Å². The van der Waals surface area contributed by atoms with E-state index in [1.165, 1.54) is 4.90 Å². The Kier molecular flexibility index (Phi) is 6.27. The fourth-order valence-electron chi connectivity index (χ4n) is 3.59. The number of halogens is 3. The Bertz CT molecular complexity index is 1320. The van der Waals surface area contributed by atoms with Crippen molar-refractivity contribution in [2.24, 2.45) is 0 Å². The number of nitrogens with zero attached hydrogens (tertiary/aromatic N) is 2. The molecule has 2 heterocycles. The predicted molar refractivity (Wildman–Crippen MR) is 136 cm³/mol. The van der Waals surface area contributed by atoms with Crippen LogP contribution in [0.25, 0.3) is 11.8 Å². The van der Waals surface area contributed by atoms with Gasteiger partial charge in [0.15, 0.2) is 5.11 Å². The van der Waals surface area contributed by atoms with E-state index in [1.807, 2.05) is 30.5 Å². The first kappa shape index (κ1) is 22.7. The highest BCUT2D eigenvalue weighted by Crippen LogP contribution is 2.29. The molecule has 0 atom stereocenters. The Balaban J connectivity index is 1.76. The second kappa shape index (κ2) is 8.83. The van der Waals surface area contributed by atoms with E-state index >= 15 is 0 Å². The SMILES string of the molecule is Cc1cc(/C=C2/C(=O)NC(=S)N(c3ccc(Br)cc3)C2=O)c(C)n1-c1ccc(Cl)c(Cl)c1. The summed E-state index contributed by atoms with van der Waals surface area (Å²) < 4.78 is 2.85. The Labute approximate surface area is 208 Å². The van der Waals surface area contributed by atoms with Crippen LogP contribution in [0, 0.1) is 13.8 Å². The molecule has 0 unspecified atom stereocenters. The van der Waals surface area contributed by atoms with Crippen molar-refractivity contribution in [3.8, 4) is 5.69 Å². The molecule has 2 amide bonds. The van der Waals surface area contributed by atoms with Gasteiger partial charge in [0.2, 0.25) is 0 Å². The number of amides is 2. The molecule has 0 bridgehead atoms. The largest absolute Gasteiger partial charge is 0.318 e. The maximum absolute atomic E-state index is 13.2. The van der Waals surface area contributed by atoms with Gasteiger partial charge in [0, 0.05) is 21.5 Å². The molecule has 1 N–H and O–H groups in total. The third-order valence-corrected chi connectivity index (χ3v) is 6.67. The molecule has 1 fully saturated rings. The average Bonchev–Trinajstić information content (AvgIpc) is 3.01. The summed E-state index contributed by atoms with van der Waals surface area (Å²) in [5.41, 5.74) is 3.88. The number of aromatic nitrogens is 1. The normalized spacial score (nSPS) is 15.5. The number of hydrogen-bond donors (Lipinski definition) is 1. The first-order valence-electron chi connectivity index (χ1n) is 9.49. The van der Waals surface area contributed by atoms with Crippen LogP contribution in [0.2, 0.25) is 10.0 Å². The van der Waals surface area contributed by atoms with E-state index in [0.29, 0.717) is 15.7 Å². The fraction of sp³-hybridized carbons (Fsp3) is 0.0870. The predicted octanol–water partition coefficient (Wildman–Crippen LogP) is 5.99. The second-order valence-electron chi connectivity index (χ2n) is 7.19. The number of rotatable bonds is 3. The number of nitrogens with one attached hydrogen (secondary N) is 1.